The molecule has 1 N–H and O–H groups in total. The standard InChI is InChI=1S/C13H11ClF3NO3S2/c1-8(11-6-7-12(14)22-11)18-23(19,20)10-4-2-9(3-5-10)21-13(15,16)17/h2-8,18H,1H3. The lowest BCUT2D eigenvalue weighted by molar-refractivity contribution is -0.274. The fourth-order valence-electron chi connectivity index (χ4n) is 1.74. The minimum Gasteiger partial charge on any atom is -0.406 e. The van der Waals surface area contributed by atoms with Gasteiger partial charge in [0.15, 0.2) is 0 Å². The Labute approximate surface area is 139 Å². The van der Waals surface area contributed by atoms with Crippen molar-refractivity contribution in [1.29, 1.82) is 0 Å². The molecule has 2 aromatic rings. The molecule has 0 radical (unpaired) electrons. The number of nitrogens with one attached hydrogen (secondary N) is 1. The van der Waals surface area contributed by atoms with Gasteiger partial charge >= 0.3 is 6.36 Å². The summed E-state index contributed by atoms with van der Waals surface area (Å²) < 4.78 is 67.3. The average Bonchev–Trinajstić information content (AvgIpc) is 2.84. The van der Waals surface area contributed by atoms with E-state index in [2.05, 4.69) is 9.46 Å². The Bertz CT molecular complexity index is 773. The molecule has 0 aliphatic carbocycles. The molecule has 1 aromatic heterocycles. The van der Waals surface area contributed by atoms with Gasteiger partial charge in [0, 0.05) is 4.88 Å². The topological polar surface area (TPSA) is 55.4 Å². The largest absolute Gasteiger partial charge is 0.573 e. The van der Waals surface area contributed by atoms with Crippen molar-refractivity contribution in [3.8, 4) is 5.75 Å². The molecule has 0 aliphatic heterocycles. The monoisotopic (exact) mass is 385 g/mol. The highest BCUT2D eigenvalue weighted by atomic mass is 35.5. The number of rotatable bonds is 5. The fourth-order valence-corrected chi connectivity index (χ4v) is 4.10. The van der Waals surface area contributed by atoms with Gasteiger partial charge < -0.3 is 4.74 Å². The van der Waals surface area contributed by atoms with Gasteiger partial charge in [0.2, 0.25) is 10.0 Å². The normalized spacial score (nSPS) is 13.8. The van der Waals surface area contributed by atoms with E-state index in [4.69, 9.17) is 11.6 Å². The summed E-state index contributed by atoms with van der Waals surface area (Å²) in [6.07, 6.45) is -4.83. The van der Waals surface area contributed by atoms with Crippen LogP contribution in [0, 0.1) is 0 Å². The Hall–Kier alpha value is -1.29. The van der Waals surface area contributed by atoms with Crippen molar-refractivity contribution in [3.63, 3.8) is 0 Å². The van der Waals surface area contributed by atoms with Crippen LogP contribution in [0.3, 0.4) is 0 Å². The molecule has 0 amide bonds. The van der Waals surface area contributed by atoms with Crippen LogP contribution < -0.4 is 9.46 Å². The summed E-state index contributed by atoms with van der Waals surface area (Å²) in [7, 11) is -3.88. The summed E-state index contributed by atoms with van der Waals surface area (Å²) in [6, 6.07) is 6.78. The van der Waals surface area contributed by atoms with Gasteiger partial charge in [-0.3, -0.25) is 0 Å². The molecule has 1 unspecified atom stereocenters. The third-order valence-electron chi connectivity index (χ3n) is 2.72. The molecule has 0 aliphatic rings. The highest BCUT2D eigenvalue weighted by molar-refractivity contribution is 7.89. The molecular formula is C13H11ClF3NO3S2. The number of thiophene rings is 1. The van der Waals surface area contributed by atoms with Crippen molar-refractivity contribution in [1.82, 2.24) is 4.72 Å². The quantitative estimate of drug-likeness (QED) is 0.833. The molecule has 23 heavy (non-hydrogen) atoms. The number of hydrogen-bond donors (Lipinski definition) is 1. The van der Waals surface area contributed by atoms with Gasteiger partial charge in [0.25, 0.3) is 0 Å². The Morgan fingerprint density at radius 1 is 1.17 bits per heavy atom. The van der Waals surface area contributed by atoms with Crippen LogP contribution in [0.1, 0.15) is 17.8 Å². The van der Waals surface area contributed by atoms with Crippen LogP contribution in [-0.4, -0.2) is 14.8 Å². The van der Waals surface area contributed by atoms with E-state index in [9.17, 15) is 21.6 Å². The van der Waals surface area contributed by atoms with Crippen molar-refractivity contribution < 1.29 is 26.3 Å². The third-order valence-corrected chi connectivity index (χ3v) is 5.69. The maximum Gasteiger partial charge on any atom is 0.573 e. The third kappa shape index (κ3) is 5.10. The van der Waals surface area contributed by atoms with Crippen LogP contribution in [-0.2, 0) is 10.0 Å². The molecule has 1 heterocycles. The maximum absolute atomic E-state index is 12.2. The summed E-state index contributed by atoms with van der Waals surface area (Å²) in [4.78, 5) is 0.553. The highest BCUT2D eigenvalue weighted by Crippen LogP contribution is 2.28. The molecule has 10 heteroatoms. The van der Waals surface area contributed by atoms with Crippen molar-refractivity contribution in [2.75, 3.05) is 0 Å². The van der Waals surface area contributed by atoms with Gasteiger partial charge in [-0.15, -0.1) is 24.5 Å². The van der Waals surface area contributed by atoms with Gasteiger partial charge in [0.05, 0.1) is 15.3 Å². The van der Waals surface area contributed by atoms with Crippen LogP contribution in [0.15, 0.2) is 41.3 Å². The zero-order chi connectivity index (χ0) is 17.3. The number of halogens is 4. The molecule has 0 fully saturated rings. The average molecular weight is 386 g/mol. The summed E-state index contributed by atoms with van der Waals surface area (Å²) in [5.41, 5.74) is 0. The molecule has 2 rings (SSSR count). The van der Waals surface area contributed by atoms with Gasteiger partial charge in [-0.1, -0.05) is 11.6 Å². The summed E-state index contributed by atoms with van der Waals surface area (Å²) in [5, 5.41) is 0. The lowest BCUT2D eigenvalue weighted by atomic mass is 10.3. The fraction of sp³-hybridized carbons (Fsp3) is 0.231. The van der Waals surface area contributed by atoms with Crippen molar-refractivity contribution in [3.05, 3.63) is 45.6 Å². The Balaban J connectivity index is 2.13. The molecule has 0 bridgehead atoms. The Kier molecular flexibility index (Phi) is 5.24. The molecule has 1 atom stereocenters. The summed E-state index contributed by atoms with van der Waals surface area (Å²) in [6.45, 7) is 1.64. The van der Waals surface area contributed by atoms with E-state index < -0.39 is 28.2 Å². The molecule has 0 saturated heterocycles. The Morgan fingerprint density at radius 3 is 2.26 bits per heavy atom. The molecule has 0 spiro atoms. The van der Waals surface area contributed by atoms with Gasteiger partial charge in [0.1, 0.15) is 5.75 Å². The zero-order valence-electron chi connectivity index (χ0n) is 11.6. The minimum absolute atomic E-state index is 0.165. The van der Waals surface area contributed by atoms with Crippen molar-refractivity contribution in [2.45, 2.75) is 24.2 Å². The minimum atomic E-state index is -4.83. The maximum atomic E-state index is 12.2. The van der Waals surface area contributed by atoms with Crippen molar-refractivity contribution in [2.24, 2.45) is 0 Å². The molecule has 4 nitrogen and oxygen atoms in total. The van der Waals surface area contributed by atoms with E-state index >= 15 is 0 Å². The number of hydrogen-bond acceptors (Lipinski definition) is 4. The first-order valence-electron chi connectivity index (χ1n) is 6.20. The predicted octanol–water partition coefficient (Wildman–Crippen LogP) is 4.34. The second kappa shape index (κ2) is 6.68. The Morgan fingerprint density at radius 2 is 1.78 bits per heavy atom. The molecular weight excluding hydrogens is 375 g/mol. The van der Waals surface area contributed by atoms with Gasteiger partial charge in [-0.05, 0) is 43.3 Å². The van der Waals surface area contributed by atoms with E-state index in [1.807, 2.05) is 0 Å². The highest BCUT2D eigenvalue weighted by Gasteiger charge is 2.31. The second-order valence-corrected chi connectivity index (χ2v) is 7.96. The van der Waals surface area contributed by atoms with Crippen LogP contribution in [0.4, 0.5) is 13.2 Å². The smallest absolute Gasteiger partial charge is 0.406 e. The van der Waals surface area contributed by atoms with E-state index in [0.29, 0.717) is 4.34 Å². The van der Waals surface area contributed by atoms with Gasteiger partial charge in [-0.2, -0.15) is 0 Å². The number of ether oxygens (including phenoxy) is 1. The van der Waals surface area contributed by atoms with Crippen molar-refractivity contribution >= 4 is 33.0 Å². The van der Waals surface area contributed by atoms with Crippen LogP contribution >= 0.6 is 22.9 Å². The van der Waals surface area contributed by atoms with E-state index in [1.54, 1.807) is 19.1 Å². The van der Waals surface area contributed by atoms with Gasteiger partial charge in [-0.25, -0.2) is 13.1 Å². The zero-order valence-corrected chi connectivity index (χ0v) is 14.0. The number of benzene rings is 1. The lowest BCUT2D eigenvalue weighted by Crippen LogP contribution is -2.26. The first-order valence-corrected chi connectivity index (χ1v) is 8.88. The molecule has 1 aromatic carbocycles. The number of sulfonamides is 1. The first kappa shape index (κ1) is 18.1. The predicted molar refractivity (Wildman–Crippen MR) is 81.2 cm³/mol. The summed E-state index contributed by atoms with van der Waals surface area (Å²) >= 11 is 7.03. The van der Waals surface area contributed by atoms with E-state index in [0.717, 1.165) is 29.1 Å². The first-order chi connectivity index (χ1) is 10.6. The van der Waals surface area contributed by atoms with Crippen LogP contribution in [0.5, 0.6) is 5.75 Å². The molecule has 0 saturated carbocycles. The summed E-state index contributed by atoms with van der Waals surface area (Å²) in [5.74, 6) is -0.491. The lowest BCUT2D eigenvalue weighted by Gasteiger charge is -2.13. The van der Waals surface area contributed by atoms with Crippen LogP contribution in [0.25, 0.3) is 0 Å². The second-order valence-electron chi connectivity index (χ2n) is 4.50. The van der Waals surface area contributed by atoms with E-state index in [1.165, 1.54) is 11.3 Å². The SMILES string of the molecule is CC(NS(=O)(=O)c1ccc(OC(F)(F)F)cc1)c1ccc(Cl)s1. The molecule has 126 valence electrons. The van der Waals surface area contributed by atoms with E-state index in [-0.39, 0.29) is 4.90 Å². The van der Waals surface area contributed by atoms with Crippen LogP contribution in [0.2, 0.25) is 4.34 Å². The number of alkyl halides is 3.